The molecule has 1 aromatic heterocycles. The molecule has 0 aliphatic carbocycles. The van der Waals surface area contributed by atoms with Crippen LogP contribution < -0.4 is 0 Å². The highest BCUT2D eigenvalue weighted by Gasteiger charge is 2.02. The Hall–Kier alpha value is -2.15. The van der Waals surface area contributed by atoms with E-state index in [9.17, 15) is 0 Å². The van der Waals surface area contributed by atoms with Crippen LogP contribution in [0, 0.1) is 6.92 Å². The average Bonchev–Trinajstić information content (AvgIpc) is 2.46. The lowest BCUT2D eigenvalue weighted by atomic mass is 9.98. The first kappa shape index (κ1) is 11.9. The summed E-state index contributed by atoms with van der Waals surface area (Å²) < 4.78 is 0. The minimum Gasteiger partial charge on any atom is -0.264 e. The second kappa shape index (κ2) is 5.23. The maximum absolute atomic E-state index is 4.22. The Morgan fingerprint density at radius 1 is 0.842 bits per heavy atom. The molecule has 94 valence electrons. The molecule has 0 aliphatic rings. The van der Waals surface area contributed by atoms with Crippen LogP contribution in [0.4, 0.5) is 0 Å². The summed E-state index contributed by atoms with van der Waals surface area (Å²) in [7, 11) is 0. The van der Waals surface area contributed by atoms with E-state index in [1.165, 1.54) is 27.5 Å². The van der Waals surface area contributed by atoms with Crippen molar-refractivity contribution in [3.05, 3.63) is 77.6 Å². The quantitative estimate of drug-likeness (QED) is 0.671. The maximum atomic E-state index is 4.22. The lowest BCUT2D eigenvalue weighted by molar-refractivity contribution is 0.945. The van der Waals surface area contributed by atoms with E-state index in [0.29, 0.717) is 0 Å². The van der Waals surface area contributed by atoms with Gasteiger partial charge in [-0.15, -0.1) is 0 Å². The third-order valence-electron chi connectivity index (χ3n) is 3.69. The summed E-state index contributed by atoms with van der Waals surface area (Å²) in [6, 6.07) is 17.2. The normalized spacial score (nSPS) is 10.8. The fourth-order valence-electron chi connectivity index (χ4n) is 2.54. The van der Waals surface area contributed by atoms with E-state index in [0.717, 1.165) is 12.8 Å². The Morgan fingerprint density at radius 2 is 1.63 bits per heavy atom. The van der Waals surface area contributed by atoms with E-state index in [-0.39, 0.29) is 0 Å². The molecule has 0 saturated heterocycles. The van der Waals surface area contributed by atoms with Gasteiger partial charge in [0.15, 0.2) is 0 Å². The van der Waals surface area contributed by atoms with Gasteiger partial charge < -0.3 is 0 Å². The zero-order chi connectivity index (χ0) is 13.1. The molecule has 1 nitrogen and oxygen atoms in total. The zero-order valence-corrected chi connectivity index (χ0v) is 11.1. The Kier molecular flexibility index (Phi) is 3.28. The fraction of sp³-hybridized carbons (Fsp3) is 0.167. The van der Waals surface area contributed by atoms with Gasteiger partial charge in [0.1, 0.15) is 0 Å². The van der Waals surface area contributed by atoms with Gasteiger partial charge >= 0.3 is 0 Å². The van der Waals surface area contributed by atoms with Crippen LogP contribution in [0.25, 0.3) is 10.8 Å². The molecule has 3 rings (SSSR count). The van der Waals surface area contributed by atoms with Gasteiger partial charge in [0.25, 0.3) is 0 Å². The molecule has 19 heavy (non-hydrogen) atoms. The smallest absolute Gasteiger partial charge is 0.0302 e. The number of fused-ring (bicyclic) bond motifs is 1. The number of aryl methyl sites for hydroxylation is 3. The van der Waals surface area contributed by atoms with E-state index in [1.54, 1.807) is 0 Å². The van der Waals surface area contributed by atoms with Crippen LogP contribution >= 0.6 is 0 Å². The molecule has 2 aromatic carbocycles. The SMILES string of the molecule is Cc1ccncc1CCc1cccc2ccccc12. The first-order valence-electron chi connectivity index (χ1n) is 6.71. The van der Waals surface area contributed by atoms with Crippen LogP contribution in [0.15, 0.2) is 60.9 Å². The van der Waals surface area contributed by atoms with Gasteiger partial charge in [-0.25, -0.2) is 0 Å². The van der Waals surface area contributed by atoms with Crippen molar-refractivity contribution < 1.29 is 0 Å². The molecule has 0 amide bonds. The first-order chi connectivity index (χ1) is 9.34. The number of benzene rings is 2. The number of nitrogens with zero attached hydrogens (tertiary/aromatic N) is 1. The van der Waals surface area contributed by atoms with E-state index >= 15 is 0 Å². The molecule has 0 unspecified atom stereocenters. The third-order valence-corrected chi connectivity index (χ3v) is 3.69. The summed E-state index contributed by atoms with van der Waals surface area (Å²) in [5, 5.41) is 2.69. The second-order valence-electron chi connectivity index (χ2n) is 4.94. The van der Waals surface area contributed by atoms with E-state index in [4.69, 9.17) is 0 Å². The van der Waals surface area contributed by atoms with Crippen molar-refractivity contribution >= 4 is 10.8 Å². The van der Waals surface area contributed by atoms with Crippen molar-refractivity contribution in [1.82, 2.24) is 4.98 Å². The number of rotatable bonds is 3. The Morgan fingerprint density at radius 3 is 2.53 bits per heavy atom. The predicted molar refractivity (Wildman–Crippen MR) is 80.3 cm³/mol. The number of pyridine rings is 1. The van der Waals surface area contributed by atoms with Gasteiger partial charge in [-0.05, 0) is 53.3 Å². The number of hydrogen-bond acceptors (Lipinski definition) is 1. The van der Waals surface area contributed by atoms with E-state index < -0.39 is 0 Å². The van der Waals surface area contributed by atoms with Crippen molar-refractivity contribution in [1.29, 1.82) is 0 Å². The molecule has 1 heteroatoms. The maximum Gasteiger partial charge on any atom is 0.0302 e. The molecule has 0 aliphatic heterocycles. The van der Waals surface area contributed by atoms with Gasteiger partial charge in [0.05, 0.1) is 0 Å². The summed E-state index contributed by atoms with van der Waals surface area (Å²) in [6.07, 6.45) is 5.96. The van der Waals surface area contributed by atoms with Crippen LogP contribution in [0.3, 0.4) is 0 Å². The minimum absolute atomic E-state index is 1.05. The van der Waals surface area contributed by atoms with Crippen LogP contribution in [-0.2, 0) is 12.8 Å². The summed E-state index contributed by atoms with van der Waals surface area (Å²) in [6.45, 7) is 2.15. The largest absolute Gasteiger partial charge is 0.264 e. The standard InChI is InChI=1S/C18H17N/c1-14-11-12-19-13-17(14)10-9-16-7-4-6-15-5-2-3-8-18(15)16/h2-8,11-13H,9-10H2,1H3. The van der Waals surface area contributed by atoms with Crippen molar-refractivity contribution in [2.24, 2.45) is 0 Å². The summed E-state index contributed by atoms with van der Waals surface area (Å²) in [4.78, 5) is 4.22. The van der Waals surface area contributed by atoms with Gasteiger partial charge in [-0.3, -0.25) is 4.98 Å². The lowest BCUT2D eigenvalue weighted by Gasteiger charge is -2.08. The Labute approximate surface area is 113 Å². The van der Waals surface area contributed by atoms with Crippen LogP contribution in [0.2, 0.25) is 0 Å². The molecular formula is C18H17N. The Bertz CT molecular complexity index is 695. The molecule has 1 heterocycles. The topological polar surface area (TPSA) is 12.9 Å². The molecule has 0 atom stereocenters. The number of aromatic nitrogens is 1. The molecule has 0 spiro atoms. The van der Waals surface area contributed by atoms with Crippen LogP contribution in [-0.4, -0.2) is 4.98 Å². The molecule has 0 radical (unpaired) electrons. The fourth-order valence-corrected chi connectivity index (χ4v) is 2.54. The van der Waals surface area contributed by atoms with Gasteiger partial charge in [-0.1, -0.05) is 42.5 Å². The van der Waals surface area contributed by atoms with Gasteiger partial charge in [0, 0.05) is 12.4 Å². The predicted octanol–water partition coefficient (Wildman–Crippen LogP) is 4.33. The average molecular weight is 247 g/mol. The lowest BCUT2D eigenvalue weighted by Crippen LogP contribution is -1.95. The van der Waals surface area contributed by atoms with Crippen LogP contribution in [0.1, 0.15) is 16.7 Å². The number of hydrogen-bond donors (Lipinski definition) is 0. The minimum atomic E-state index is 1.05. The monoisotopic (exact) mass is 247 g/mol. The van der Waals surface area contributed by atoms with Crippen molar-refractivity contribution in [2.45, 2.75) is 19.8 Å². The molecule has 0 N–H and O–H groups in total. The summed E-state index contributed by atoms with van der Waals surface area (Å²) in [5.41, 5.74) is 4.09. The molecule has 3 aromatic rings. The Balaban J connectivity index is 1.88. The van der Waals surface area contributed by atoms with E-state index in [1.807, 2.05) is 12.4 Å². The molecule has 0 bridgehead atoms. The summed E-state index contributed by atoms with van der Waals surface area (Å²) >= 11 is 0. The zero-order valence-electron chi connectivity index (χ0n) is 11.1. The van der Waals surface area contributed by atoms with Crippen molar-refractivity contribution in [3.63, 3.8) is 0 Å². The molecule has 0 fully saturated rings. The highest BCUT2D eigenvalue weighted by molar-refractivity contribution is 5.85. The van der Waals surface area contributed by atoms with Gasteiger partial charge in [-0.2, -0.15) is 0 Å². The van der Waals surface area contributed by atoms with E-state index in [2.05, 4.69) is 60.4 Å². The van der Waals surface area contributed by atoms with Crippen molar-refractivity contribution in [3.8, 4) is 0 Å². The highest BCUT2D eigenvalue weighted by atomic mass is 14.6. The highest BCUT2D eigenvalue weighted by Crippen LogP contribution is 2.20. The summed E-state index contributed by atoms with van der Waals surface area (Å²) in [5.74, 6) is 0. The molecular weight excluding hydrogens is 230 g/mol. The molecule has 0 saturated carbocycles. The van der Waals surface area contributed by atoms with Gasteiger partial charge in [0.2, 0.25) is 0 Å². The van der Waals surface area contributed by atoms with Crippen molar-refractivity contribution in [2.75, 3.05) is 0 Å². The third kappa shape index (κ3) is 2.50. The second-order valence-corrected chi connectivity index (χ2v) is 4.94. The van der Waals surface area contributed by atoms with Crippen LogP contribution in [0.5, 0.6) is 0 Å². The first-order valence-corrected chi connectivity index (χ1v) is 6.71.